The quantitative estimate of drug-likeness (QED) is 0.324. The summed E-state index contributed by atoms with van der Waals surface area (Å²) < 4.78 is 2.06. The lowest BCUT2D eigenvalue weighted by Gasteiger charge is -2.38. The summed E-state index contributed by atoms with van der Waals surface area (Å²) in [6.07, 6.45) is 9.45. The number of aromatic nitrogens is 1. The average Bonchev–Trinajstić information content (AvgIpc) is 3.12. The molecule has 1 unspecified atom stereocenters. The standard InChI is InChI=1S/C28H33Br2ClN4O2.C3H8.C2H4/c29-21-12-20-2-1-19-13-22(31)14-23(30)26(19)27(28(20)33-15-21)18-5-9-35(10-6-18)25(37)11-17-3-7-34(8-4-17)16-24(32)36;1-3-2;1-2/h12-15,17-18,27H,1-11,16H2,(H2,32,36);3H2,1-2H3;1-2H2. The van der Waals surface area contributed by atoms with Crippen LogP contribution in [0.3, 0.4) is 0 Å². The maximum absolute atomic E-state index is 13.2. The van der Waals surface area contributed by atoms with Crippen LogP contribution in [0.15, 0.2) is 46.5 Å². The van der Waals surface area contributed by atoms with E-state index in [1.165, 1.54) is 23.1 Å². The fourth-order valence-electron chi connectivity index (χ4n) is 6.46. The molecule has 1 aromatic heterocycles. The molecule has 2 amide bonds. The van der Waals surface area contributed by atoms with Gasteiger partial charge in [-0.1, -0.05) is 47.8 Å². The molecule has 230 valence electrons. The molecular formula is C33H45Br2ClN4O2. The van der Waals surface area contributed by atoms with E-state index in [1.807, 2.05) is 12.3 Å². The number of amides is 2. The minimum Gasteiger partial charge on any atom is -0.369 e. The fourth-order valence-corrected chi connectivity index (χ4v) is 7.96. The molecule has 9 heteroatoms. The zero-order valence-electron chi connectivity index (χ0n) is 25.0. The average molecular weight is 725 g/mol. The number of hydrogen-bond acceptors (Lipinski definition) is 4. The van der Waals surface area contributed by atoms with Crippen molar-refractivity contribution in [2.24, 2.45) is 17.6 Å². The first-order valence-corrected chi connectivity index (χ1v) is 17.1. The van der Waals surface area contributed by atoms with Gasteiger partial charge in [-0.2, -0.15) is 0 Å². The van der Waals surface area contributed by atoms with Crippen LogP contribution in [0, 0.1) is 11.8 Å². The van der Waals surface area contributed by atoms with Gasteiger partial charge in [-0.3, -0.25) is 19.5 Å². The molecule has 0 bridgehead atoms. The molecule has 0 spiro atoms. The molecule has 3 aliphatic rings. The van der Waals surface area contributed by atoms with E-state index in [4.69, 9.17) is 22.3 Å². The van der Waals surface area contributed by atoms with Crippen LogP contribution in [-0.4, -0.2) is 59.3 Å². The Morgan fingerprint density at radius 3 is 2.24 bits per heavy atom. The molecule has 0 saturated carbocycles. The van der Waals surface area contributed by atoms with Gasteiger partial charge in [-0.05, 0) is 114 Å². The first-order valence-electron chi connectivity index (χ1n) is 15.1. The highest BCUT2D eigenvalue weighted by atomic mass is 79.9. The molecule has 42 heavy (non-hydrogen) atoms. The third kappa shape index (κ3) is 9.13. The summed E-state index contributed by atoms with van der Waals surface area (Å²) in [5, 5.41) is 0.755. The van der Waals surface area contributed by atoms with Gasteiger partial charge in [0.25, 0.3) is 0 Å². The zero-order valence-corrected chi connectivity index (χ0v) is 28.9. The van der Waals surface area contributed by atoms with Crippen molar-refractivity contribution in [2.45, 2.75) is 71.1 Å². The monoisotopic (exact) mass is 722 g/mol. The van der Waals surface area contributed by atoms with Crippen molar-refractivity contribution in [2.75, 3.05) is 32.7 Å². The number of fused-ring (bicyclic) bond motifs is 2. The minimum absolute atomic E-state index is 0.180. The SMILES string of the molecule is C=C.CCC.NC(=O)CN1CCC(CC(=O)N2CCC(C3c4ncc(Br)cc4CCc4cc(Cl)cc(Br)c43)CC2)CC1. The lowest BCUT2D eigenvalue weighted by atomic mass is 9.76. The lowest BCUT2D eigenvalue weighted by Crippen LogP contribution is -2.43. The Hall–Kier alpha value is -1.74. The number of aryl methyl sites for hydroxylation is 2. The molecule has 2 aromatic rings. The largest absolute Gasteiger partial charge is 0.369 e. The molecule has 1 aliphatic carbocycles. The van der Waals surface area contributed by atoms with Crippen molar-refractivity contribution >= 4 is 55.3 Å². The second kappa shape index (κ2) is 16.9. The van der Waals surface area contributed by atoms with E-state index < -0.39 is 0 Å². The van der Waals surface area contributed by atoms with Crippen molar-refractivity contribution < 1.29 is 9.59 Å². The van der Waals surface area contributed by atoms with Gasteiger partial charge in [0.2, 0.25) is 11.8 Å². The van der Waals surface area contributed by atoms with Gasteiger partial charge >= 0.3 is 0 Å². The van der Waals surface area contributed by atoms with Gasteiger partial charge in [0.15, 0.2) is 0 Å². The smallest absolute Gasteiger partial charge is 0.231 e. The number of hydrogen-bond donors (Lipinski definition) is 1. The molecule has 5 rings (SSSR count). The van der Waals surface area contributed by atoms with Gasteiger partial charge < -0.3 is 10.6 Å². The van der Waals surface area contributed by atoms with E-state index in [1.54, 1.807) is 0 Å². The van der Waals surface area contributed by atoms with Crippen LogP contribution in [0.5, 0.6) is 0 Å². The molecule has 3 heterocycles. The third-order valence-electron chi connectivity index (χ3n) is 8.33. The summed E-state index contributed by atoms with van der Waals surface area (Å²) in [6, 6.07) is 6.33. The number of carbonyl (C=O) groups is 2. The van der Waals surface area contributed by atoms with E-state index in [2.05, 4.69) is 80.8 Å². The highest BCUT2D eigenvalue weighted by Crippen LogP contribution is 2.46. The van der Waals surface area contributed by atoms with Crippen molar-refractivity contribution in [1.82, 2.24) is 14.8 Å². The highest BCUT2D eigenvalue weighted by molar-refractivity contribution is 9.10. The number of nitrogens with zero attached hydrogens (tertiary/aromatic N) is 3. The first kappa shape index (κ1) is 34.7. The minimum atomic E-state index is -0.283. The molecule has 0 radical (unpaired) electrons. The van der Waals surface area contributed by atoms with E-state index in [-0.39, 0.29) is 17.7 Å². The number of pyridine rings is 1. The topological polar surface area (TPSA) is 79.5 Å². The molecule has 1 atom stereocenters. The summed E-state index contributed by atoms with van der Waals surface area (Å²) in [7, 11) is 0. The number of likely N-dealkylation sites (tertiary alicyclic amines) is 2. The molecular weight excluding hydrogens is 680 g/mol. The maximum Gasteiger partial charge on any atom is 0.231 e. The van der Waals surface area contributed by atoms with Crippen LogP contribution >= 0.6 is 43.5 Å². The summed E-state index contributed by atoms with van der Waals surface area (Å²) >= 11 is 13.9. The molecule has 2 N–H and O–H groups in total. The van der Waals surface area contributed by atoms with Crippen molar-refractivity contribution in [3.63, 3.8) is 0 Å². The number of halogens is 3. The summed E-state index contributed by atoms with van der Waals surface area (Å²) in [6.45, 7) is 13.8. The Kier molecular flexibility index (Phi) is 14.0. The predicted molar refractivity (Wildman–Crippen MR) is 180 cm³/mol. The fraction of sp³-hybridized carbons (Fsp3) is 0.545. The molecule has 2 saturated heterocycles. The normalized spacial score (nSPS) is 19.3. The Bertz CT molecular complexity index is 1210. The Morgan fingerprint density at radius 2 is 1.62 bits per heavy atom. The number of nitrogens with two attached hydrogens (primary N) is 1. The molecule has 2 fully saturated rings. The van der Waals surface area contributed by atoms with Gasteiger partial charge in [0.1, 0.15) is 0 Å². The number of rotatable bonds is 5. The van der Waals surface area contributed by atoms with Crippen LogP contribution < -0.4 is 5.73 Å². The molecule has 2 aliphatic heterocycles. The van der Waals surface area contributed by atoms with Gasteiger partial charge in [-0.25, -0.2) is 0 Å². The van der Waals surface area contributed by atoms with E-state index in [0.29, 0.717) is 24.8 Å². The van der Waals surface area contributed by atoms with E-state index in [9.17, 15) is 9.59 Å². The molecule has 1 aromatic carbocycles. The lowest BCUT2D eigenvalue weighted by molar-refractivity contribution is -0.134. The van der Waals surface area contributed by atoms with Crippen molar-refractivity contribution in [1.29, 1.82) is 0 Å². The van der Waals surface area contributed by atoms with Gasteiger partial charge in [0, 0.05) is 45.6 Å². The van der Waals surface area contributed by atoms with Crippen LogP contribution in [0.4, 0.5) is 0 Å². The van der Waals surface area contributed by atoms with Crippen molar-refractivity contribution in [3.8, 4) is 0 Å². The highest BCUT2D eigenvalue weighted by Gasteiger charge is 2.36. The Balaban J connectivity index is 0.000000910. The van der Waals surface area contributed by atoms with Gasteiger partial charge in [0.05, 0.1) is 12.2 Å². The van der Waals surface area contributed by atoms with Gasteiger partial charge in [-0.15, -0.1) is 13.2 Å². The van der Waals surface area contributed by atoms with Crippen LogP contribution in [0.25, 0.3) is 0 Å². The Labute approximate surface area is 273 Å². The number of piperidine rings is 2. The van der Waals surface area contributed by atoms with E-state index in [0.717, 1.165) is 84.4 Å². The zero-order chi connectivity index (χ0) is 30.8. The van der Waals surface area contributed by atoms with Crippen molar-refractivity contribution in [3.05, 3.63) is 73.9 Å². The second-order valence-electron chi connectivity index (χ2n) is 11.5. The number of primary amides is 1. The second-order valence-corrected chi connectivity index (χ2v) is 13.7. The Morgan fingerprint density at radius 1 is 1.00 bits per heavy atom. The van der Waals surface area contributed by atoms with E-state index >= 15 is 0 Å². The van der Waals surface area contributed by atoms with Crippen LogP contribution in [0.2, 0.25) is 5.02 Å². The van der Waals surface area contributed by atoms with Crippen LogP contribution in [0.1, 0.15) is 80.7 Å². The third-order valence-corrected chi connectivity index (χ3v) is 9.64. The number of carbonyl (C=O) groups excluding carboxylic acids is 2. The predicted octanol–water partition coefficient (Wildman–Crippen LogP) is 7.54. The summed E-state index contributed by atoms with van der Waals surface area (Å²) in [5.74, 6) is 0.956. The number of benzene rings is 1. The van der Waals surface area contributed by atoms with Crippen LogP contribution in [-0.2, 0) is 22.4 Å². The molecule has 6 nitrogen and oxygen atoms in total. The summed E-state index contributed by atoms with van der Waals surface area (Å²) in [5.41, 5.74) is 10.4. The first-order chi connectivity index (χ1) is 20.2. The summed E-state index contributed by atoms with van der Waals surface area (Å²) in [4.78, 5) is 33.5. The maximum atomic E-state index is 13.2.